The van der Waals surface area contributed by atoms with Crippen LogP contribution in [0.2, 0.25) is 0 Å². The van der Waals surface area contributed by atoms with Crippen molar-refractivity contribution in [3.63, 3.8) is 0 Å². The number of aromatic nitrogens is 10. The van der Waals surface area contributed by atoms with Crippen molar-refractivity contribution in [1.29, 1.82) is 0 Å². The molecule has 17 aromatic rings. The Kier molecular flexibility index (Phi) is 4.88. The molecule has 9 heterocycles. The van der Waals surface area contributed by atoms with Gasteiger partial charge < -0.3 is 19.9 Å². The summed E-state index contributed by atoms with van der Waals surface area (Å²) in [5.41, 5.74) is 16.4. The van der Waals surface area contributed by atoms with Gasteiger partial charge in [-0.15, -0.1) is 0 Å². The van der Waals surface area contributed by atoms with Crippen LogP contribution in [0.15, 0.2) is 121 Å². The van der Waals surface area contributed by atoms with Crippen molar-refractivity contribution < 1.29 is 0 Å². The van der Waals surface area contributed by atoms with Crippen molar-refractivity contribution in [1.82, 2.24) is 49.8 Å². The fourth-order valence-corrected chi connectivity index (χ4v) is 11.0. The topological polar surface area (TPSA) is 140 Å². The molecular formula is C52H24N10. The molecule has 17 rings (SSSR count). The zero-order chi connectivity index (χ0) is 39.7. The van der Waals surface area contributed by atoms with Crippen molar-refractivity contribution in [3.05, 3.63) is 121 Å². The minimum atomic E-state index is 0.622. The molecule has 0 atom stereocenters. The van der Waals surface area contributed by atoms with Crippen LogP contribution in [0, 0.1) is 0 Å². The first-order chi connectivity index (χ1) is 30.6. The molecule has 16 bridgehead atoms. The average molecular weight is 789 g/mol. The van der Waals surface area contributed by atoms with E-state index >= 15 is 0 Å². The summed E-state index contributed by atoms with van der Waals surface area (Å²) >= 11 is 0. The third kappa shape index (κ3) is 3.50. The van der Waals surface area contributed by atoms with E-state index in [1.165, 1.54) is 0 Å². The predicted molar refractivity (Wildman–Crippen MR) is 253 cm³/mol. The summed E-state index contributed by atoms with van der Waals surface area (Å²) in [5, 5.41) is 12.8. The third-order valence-electron chi connectivity index (χ3n) is 13.8. The molecule has 8 aromatic carbocycles. The van der Waals surface area contributed by atoms with Gasteiger partial charge in [-0.05, 0) is 59.3 Å². The van der Waals surface area contributed by atoms with Crippen LogP contribution in [0.3, 0.4) is 0 Å². The quantitative estimate of drug-likeness (QED) is 0.0891. The number of fused-ring (bicyclic) bond motifs is 9. The van der Waals surface area contributed by atoms with Crippen molar-refractivity contribution in [3.8, 4) is 0 Å². The van der Waals surface area contributed by atoms with E-state index in [9.17, 15) is 0 Å². The summed E-state index contributed by atoms with van der Waals surface area (Å²) in [6.07, 6.45) is 0. The maximum Gasteiger partial charge on any atom is 0.120 e. The molecule has 62 heavy (non-hydrogen) atoms. The van der Waals surface area contributed by atoms with Crippen molar-refractivity contribution in [2.75, 3.05) is 0 Å². The zero-order valence-electron chi connectivity index (χ0n) is 32.2. The summed E-state index contributed by atoms with van der Waals surface area (Å²) in [5.74, 6) is 0. The first-order valence-corrected chi connectivity index (χ1v) is 20.8. The highest BCUT2D eigenvalue weighted by atomic mass is 14.9. The molecule has 0 aliphatic heterocycles. The molecule has 282 valence electrons. The first-order valence-electron chi connectivity index (χ1n) is 20.8. The fraction of sp³-hybridized carbons (Fsp3) is 0. The van der Waals surface area contributed by atoms with E-state index in [1.807, 2.05) is 12.1 Å². The highest BCUT2D eigenvalue weighted by Crippen LogP contribution is 2.41. The monoisotopic (exact) mass is 788 g/mol. The van der Waals surface area contributed by atoms with Gasteiger partial charge >= 0.3 is 0 Å². The molecule has 0 aliphatic carbocycles. The van der Waals surface area contributed by atoms with E-state index in [0.29, 0.717) is 33.1 Å². The van der Waals surface area contributed by atoms with E-state index < -0.39 is 0 Å². The second-order valence-corrected chi connectivity index (χ2v) is 17.0. The van der Waals surface area contributed by atoms with Crippen molar-refractivity contribution >= 4 is 175 Å². The van der Waals surface area contributed by atoms with Crippen molar-refractivity contribution in [2.24, 2.45) is 0 Å². The maximum atomic E-state index is 5.70. The number of nitrogens with zero attached hydrogens (tertiary/aromatic N) is 6. The van der Waals surface area contributed by atoms with Crippen LogP contribution in [0.5, 0.6) is 0 Å². The minimum Gasteiger partial charge on any atom is -0.354 e. The Bertz CT molecular complexity index is 4620. The molecule has 0 unspecified atom stereocenters. The number of hydrogen-bond acceptors (Lipinski definition) is 6. The SMILES string of the molecule is c1cc2nc3c4nc5cccc6c7cc8ccc9ccc%10cc([nH]c%10c9c8[nH]7)c7ccc8c9cc%10ccc%11ccc%12cc([nH]c%12c%11c%10[nH]9)c(c1)c2nc3c1nc8c7nc1c4nc56. The number of hydrogen-bond donors (Lipinski definition) is 4. The molecule has 10 heteroatoms. The number of nitrogens with one attached hydrogen (secondary N) is 4. The largest absolute Gasteiger partial charge is 0.354 e. The molecule has 4 N–H and O–H groups in total. The van der Waals surface area contributed by atoms with Gasteiger partial charge in [-0.2, -0.15) is 0 Å². The lowest BCUT2D eigenvalue weighted by molar-refractivity contribution is 1.35. The molecule has 0 spiro atoms. The molecule has 9 aromatic heterocycles. The van der Waals surface area contributed by atoms with Crippen LogP contribution in [-0.4, -0.2) is 49.8 Å². The number of H-pyrrole nitrogens is 4. The Morgan fingerprint density at radius 1 is 0.258 bits per heavy atom. The Hall–Kier alpha value is -8.76. The second kappa shape index (κ2) is 9.98. The lowest BCUT2D eigenvalue weighted by Gasteiger charge is -2.12. The van der Waals surface area contributed by atoms with Crippen LogP contribution < -0.4 is 0 Å². The maximum absolute atomic E-state index is 5.70. The summed E-state index contributed by atoms with van der Waals surface area (Å²) in [6.45, 7) is 0. The number of benzene rings is 8. The van der Waals surface area contributed by atoms with Gasteiger partial charge in [-0.1, -0.05) is 72.8 Å². The van der Waals surface area contributed by atoms with Gasteiger partial charge in [0, 0.05) is 75.9 Å². The van der Waals surface area contributed by atoms with Gasteiger partial charge in [0.15, 0.2) is 0 Å². The normalized spacial score (nSPS) is 13.2. The molecular weight excluding hydrogens is 765 g/mol. The van der Waals surface area contributed by atoms with Crippen molar-refractivity contribution in [2.45, 2.75) is 0 Å². The smallest absolute Gasteiger partial charge is 0.120 e. The molecule has 10 nitrogen and oxygen atoms in total. The van der Waals surface area contributed by atoms with E-state index in [4.69, 9.17) is 29.9 Å². The fourth-order valence-electron chi connectivity index (χ4n) is 11.0. The highest BCUT2D eigenvalue weighted by Gasteiger charge is 2.23. The summed E-state index contributed by atoms with van der Waals surface area (Å²) in [4.78, 5) is 48.8. The molecule has 0 radical (unpaired) electrons. The summed E-state index contributed by atoms with van der Waals surface area (Å²) in [6, 6.07) is 43.3. The predicted octanol–water partition coefficient (Wildman–Crippen LogP) is 12.7. The van der Waals surface area contributed by atoms with Crippen LogP contribution in [0.1, 0.15) is 0 Å². The van der Waals surface area contributed by atoms with Gasteiger partial charge in [0.1, 0.15) is 33.1 Å². The molecule has 0 aliphatic rings. The number of para-hydroxylation sites is 2. The van der Waals surface area contributed by atoms with Gasteiger partial charge in [0.2, 0.25) is 0 Å². The zero-order valence-corrected chi connectivity index (χ0v) is 32.2. The number of aromatic amines is 4. The molecule has 0 amide bonds. The average Bonchev–Trinajstić information content (AvgIpc) is 4.13. The first kappa shape index (κ1) is 30.3. The molecule has 0 saturated heterocycles. The second-order valence-electron chi connectivity index (χ2n) is 17.0. The van der Waals surface area contributed by atoms with Crippen LogP contribution in [0.4, 0.5) is 0 Å². The number of rotatable bonds is 0. The van der Waals surface area contributed by atoms with Crippen LogP contribution in [-0.2, 0) is 0 Å². The van der Waals surface area contributed by atoms with E-state index in [1.54, 1.807) is 0 Å². The molecule has 0 saturated carbocycles. The third-order valence-corrected chi connectivity index (χ3v) is 13.8. The van der Waals surface area contributed by atoms with Gasteiger partial charge in [0.05, 0.1) is 55.2 Å². The Morgan fingerprint density at radius 2 is 0.565 bits per heavy atom. The molecule has 0 fully saturated rings. The van der Waals surface area contributed by atoms with Gasteiger partial charge in [-0.3, -0.25) is 0 Å². The van der Waals surface area contributed by atoms with Gasteiger partial charge in [-0.25, -0.2) is 29.9 Å². The Balaban J connectivity index is 1.22. The van der Waals surface area contributed by atoms with Crippen LogP contribution in [0.25, 0.3) is 175 Å². The lowest BCUT2D eigenvalue weighted by atomic mass is 10.0. The van der Waals surface area contributed by atoms with E-state index in [2.05, 4.69) is 129 Å². The summed E-state index contributed by atoms with van der Waals surface area (Å²) < 4.78 is 0. The Morgan fingerprint density at radius 3 is 0.935 bits per heavy atom. The standard InChI is InChI=1S/C52H24N10/c1-3-27-33-17-23-11-7-21-9-13-25-19-35(57-41(25)37(21)39(23)55-33)29-15-16-30-36-20-26-14-10-22-8-12-24-18-34(56-40(24)38(22)42(26)58-36)28-4-2-6-32-44(28)60-50-48(54-32)47-49(59-43(27)31(5-1)53-47)51-52(50)62-46(30)45(29)61-51/h1-20,55-58H. The minimum absolute atomic E-state index is 0.622. The summed E-state index contributed by atoms with van der Waals surface area (Å²) in [7, 11) is 0. The lowest BCUT2D eigenvalue weighted by Crippen LogP contribution is -1.99. The van der Waals surface area contributed by atoms with Crippen LogP contribution >= 0.6 is 0 Å². The van der Waals surface area contributed by atoms with E-state index in [-0.39, 0.29) is 0 Å². The van der Waals surface area contributed by atoms with Gasteiger partial charge in [0.25, 0.3) is 0 Å². The van der Waals surface area contributed by atoms with E-state index in [0.717, 1.165) is 142 Å². The highest BCUT2D eigenvalue weighted by molar-refractivity contribution is 6.28. The Labute approximate surface area is 344 Å².